The Morgan fingerprint density at radius 2 is 2.11 bits per heavy atom. The van der Waals surface area contributed by atoms with Crippen LogP contribution < -0.4 is 0 Å². The largest absolute Gasteiger partial charge is 0.419 e. The minimum absolute atomic E-state index is 0.0150. The highest BCUT2D eigenvalue weighted by Crippen LogP contribution is 2.34. The lowest BCUT2D eigenvalue weighted by molar-refractivity contribution is -0.140. The maximum atomic E-state index is 13.1. The van der Waals surface area contributed by atoms with Crippen LogP contribution in [0.15, 0.2) is 18.2 Å². The van der Waals surface area contributed by atoms with E-state index in [2.05, 4.69) is 0 Å². The molecule has 19 heavy (non-hydrogen) atoms. The van der Waals surface area contributed by atoms with Gasteiger partial charge < -0.3 is 9.84 Å². The molecule has 0 radical (unpaired) electrons. The third-order valence-electron chi connectivity index (χ3n) is 2.83. The van der Waals surface area contributed by atoms with Crippen molar-refractivity contribution in [2.45, 2.75) is 18.4 Å². The zero-order chi connectivity index (χ0) is 14.0. The van der Waals surface area contributed by atoms with Crippen molar-refractivity contribution in [3.63, 3.8) is 0 Å². The number of thioether (sulfide) groups is 1. The molecule has 7 heteroatoms. The first-order valence-corrected chi connectivity index (χ1v) is 6.79. The van der Waals surface area contributed by atoms with Crippen LogP contribution in [0.5, 0.6) is 0 Å². The number of rotatable bonds is 2. The average molecular weight is 296 g/mol. The maximum Gasteiger partial charge on any atom is 0.419 e. The summed E-state index contributed by atoms with van der Waals surface area (Å²) >= 11 is 1.56. The molecule has 1 aromatic carbocycles. The summed E-state index contributed by atoms with van der Waals surface area (Å²) in [6.07, 6.45) is -6.53. The summed E-state index contributed by atoms with van der Waals surface area (Å²) in [5, 5.41) is 10.00. The molecule has 2 rings (SSSR count). The second kappa shape index (κ2) is 5.68. The molecule has 1 N–H and O–H groups in total. The SMILES string of the molecule is OC(c1ccc(F)c(C(F)(F)F)c1)C1CSCCO1. The second-order valence-electron chi connectivity index (χ2n) is 4.17. The molecule has 2 atom stereocenters. The molecule has 1 fully saturated rings. The highest BCUT2D eigenvalue weighted by atomic mass is 32.2. The van der Waals surface area contributed by atoms with Crippen LogP contribution in [0.2, 0.25) is 0 Å². The molecule has 1 aliphatic heterocycles. The Morgan fingerprint density at radius 3 is 2.68 bits per heavy atom. The Hall–Kier alpha value is -0.790. The highest BCUT2D eigenvalue weighted by Gasteiger charge is 2.35. The Labute approximate surface area is 111 Å². The Bertz CT molecular complexity index is 444. The second-order valence-corrected chi connectivity index (χ2v) is 5.32. The molecule has 106 valence electrons. The predicted molar refractivity (Wildman–Crippen MR) is 63.4 cm³/mol. The number of hydrogen-bond acceptors (Lipinski definition) is 3. The molecular formula is C12H12F4O2S. The number of ether oxygens (including phenoxy) is 1. The van der Waals surface area contributed by atoms with Crippen molar-refractivity contribution >= 4 is 11.8 Å². The van der Waals surface area contributed by atoms with Gasteiger partial charge in [0.05, 0.1) is 18.3 Å². The molecule has 2 unspecified atom stereocenters. The summed E-state index contributed by atoms with van der Waals surface area (Å²) in [4.78, 5) is 0. The smallest absolute Gasteiger partial charge is 0.386 e. The zero-order valence-corrected chi connectivity index (χ0v) is 10.6. The number of alkyl halides is 3. The normalized spacial score (nSPS) is 22.3. The van der Waals surface area contributed by atoms with Crippen LogP contribution in [0.3, 0.4) is 0 Å². The first kappa shape index (κ1) is 14.6. The van der Waals surface area contributed by atoms with Crippen molar-refractivity contribution in [1.82, 2.24) is 0 Å². The molecule has 1 aliphatic rings. The third kappa shape index (κ3) is 3.40. The van der Waals surface area contributed by atoms with Gasteiger partial charge in [-0.15, -0.1) is 0 Å². The van der Waals surface area contributed by atoms with Gasteiger partial charge in [-0.25, -0.2) is 4.39 Å². The molecule has 0 spiro atoms. The number of halogens is 4. The predicted octanol–water partition coefficient (Wildman–Crippen LogP) is 3.01. The van der Waals surface area contributed by atoms with E-state index in [1.165, 1.54) is 0 Å². The fraction of sp³-hybridized carbons (Fsp3) is 0.500. The third-order valence-corrected chi connectivity index (χ3v) is 3.85. The number of benzene rings is 1. The molecule has 2 nitrogen and oxygen atoms in total. The van der Waals surface area contributed by atoms with Gasteiger partial charge in [-0.2, -0.15) is 24.9 Å². The van der Waals surface area contributed by atoms with Crippen molar-refractivity contribution in [2.24, 2.45) is 0 Å². The minimum Gasteiger partial charge on any atom is -0.386 e. The summed E-state index contributed by atoms with van der Waals surface area (Å²) in [6.45, 7) is 0.444. The molecule has 0 amide bonds. The van der Waals surface area contributed by atoms with Crippen molar-refractivity contribution in [1.29, 1.82) is 0 Å². The van der Waals surface area contributed by atoms with E-state index >= 15 is 0 Å². The number of aliphatic hydroxyl groups excluding tert-OH is 1. The Morgan fingerprint density at radius 1 is 1.37 bits per heavy atom. The Balaban J connectivity index is 2.24. The van der Waals surface area contributed by atoms with Gasteiger partial charge in [-0.3, -0.25) is 0 Å². The average Bonchev–Trinajstić information content (AvgIpc) is 2.38. The lowest BCUT2D eigenvalue weighted by Gasteiger charge is -2.27. The van der Waals surface area contributed by atoms with E-state index in [9.17, 15) is 22.7 Å². The van der Waals surface area contributed by atoms with E-state index in [-0.39, 0.29) is 5.56 Å². The summed E-state index contributed by atoms with van der Waals surface area (Å²) in [5.41, 5.74) is -1.35. The molecule has 0 aromatic heterocycles. The van der Waals surface area contributed by atoms with E-state index in [1.54, 1.807) is 11.8 Å². The first-order chi connectivity index (χ1) is 8.89. The van der Waals surface area contributed by atoms with Crippen LogP contribution in [-0.2, 0) is 10.9 Å². The first-order valence-electron chi connectivity index (χ1n) is 5.63. The molecule has 0 saturated carbocycles. The van der Waals surface area contributed by atoms with Gasteiger partial charge in [-0.1, -0.05) is 6.07 Å². The van der Waals surface area contributed by atoms with Crippen LogP contribution in [0.25, 0.3) is 0 Å². The van der Waals surface area contributed by atoms with Crippen LogP contribution in [0.1, 0.15) is 17.2 Å². The van der Waals surface area contributed by atoms with Gasteiger partial charge in [0.15, 0.2) is 0 Å². The molecule has 0 aliphatic carbocycles. The number of hydrogen-bond donors (Lipinski definition) is 1. The fourth-order valence-corrected chi connectivity index (χ4v) is 2.74. The van der Waals surface area contributed by atoms with Gasteiger partial charge in [0.2, 0.25) is 0 Å². The Kier molecular flexibility index (Phi) is 4.37. The van der Waals surface area contributed by atoms with Crippen LogP contribution >= 0.6 is 11.8 Å². The summed E-state index contributed by atoms with van der Waals surface area (Å²) < 4.78 is 56.2. The van der Waals surface area contributed by atoms with Gasteiger partial charge in [0, 0.05) is 11.5 Å². The summed E-state index contributed by atoms with van der Waals surface area (Å²) in [5.74, 6) is -0.0530. The summed E-state index contributed by atoms with van der Waals surface area (Å²) in [7, 11) is 0. The lowest BCUT2D eigenvalue weighted by atomic mass is 10.0. The van der Waals surface area contributed by atoms with Gasteiger partial charge >= 0.3 is 6.18 Å². The van der Waals surface area contributed by atoms with Crippen LogP contribution in [0, 0.1) is 5.82 Å². The van der Waals surface area contributed by atoms with Crippen molar-refractivity contribution in [3.8, 4) is 0 Å². The molecule has 1 heterocycles. The molecule has 1 saturated heterocycles. The molecule has 1 aromatic rings. The topological polar surface area (TPSA) is 29.5 Å². The molecule has 0 bridgehead atoms. The van der Waals surface area contributed by atoms with E-state index in [4.69, 9.17) is 4.74 Å². The highest BCUT2D eigenvalue weighted by molar-refractivity contribution is 7.99. The van der Waals surface area contributed by atoms with E-state index < -0.39 is 29.8 Å². The zero-order valence-electron chi connectivity index (χ0n) is 9.78. The van der Waals surface area contributed by atoms with E-state index in [0.29, 0.717) is 18.4 Å². The molecular weight excluding hydrogens is 284 g/mol. The van der Waals surface area contributed by atoms with Crippen molar-refractivity contribution in [3.05, 3.63) is 35.1 Å². The van der Waals surface area contributed by atoms with Crippen molar-refractivity contribution in [2.75, 3.05) is 18.1 Å². The van der Waals surface area contributed by atoms with E-state index in [1.807, 2.05) is 0 Å². The fourth-order valence-electron chi connectivity index (χ4n) is 1.85. The van der Waals surface area contributed by atoms with Crippen LogP contribution in [0.4, 0.5) is 17.6 Å². The minimum atomic E-state index is -4.78. The quantitative estimate of drug-likeness (QED) is 0.851. The monoisotopic (exact) mass is 296 g/mol. The number of aliphatic hydroxyl groups is 1. The van der Waals surface area contributed by atoms with Crippen molar-refractivity contribution < 1.29 is 27.4 Å². The lowest BCUT2D eigenvalue weighted by Crippen LogP contribution is -2.30. The van der Waals surface area contributed by atoms with Gasteiger partial charge in [-0.05, 0) is 17.7 Å². The maximum absolute atomic E-state index is 13.1. The summed E-state index contributed by atoms with van der Waals surface area (Å²) in [6, 6.07) is 2.51. The van der Waals surface area contributed by atoms with Crippen LogP contribution in [-0.4, -0.2) is 29.3 Å². The standard InChI is InChI=1S/C12H12F4O2S/c13-9-2-1-7(5-8(9)12(14,15)16)11(17)10-6-19-4-3-18-10/h1-2,5,10-11,17H,3-4,6H2. The van der Waals surface area contributed by atoms with Gasteiger partial charge in [0.25, 0.3) is 0 Å². The van der Waals surface area contributed by atoms with Gasteiger partial charge in [0.1, 0.15) is 11.9 Å². The van der Waals surface area contributed by atoms with E-state index in [0.717, 1.165) is 17.9 Å².